The van der Waals surface area contributed by atoms with E-state index in [0.29, 0.717) is 22.2 Å². The average Bonchev–Trinajstić information content (AvgIpc) is 3.17. The van der Waals surface area contributed by atoms with Crippen molar-refractivity contribution >= 4 is 40.2 Å². The Morgan fingerprint density at radius 3 is 2.45 bits per heavy atom. The minimum atomic E-state index is -0.336. The van der Waals surface area contributed by atoms with Gasteiger partial charge in [-0.05, 0) is 48.2 Å². The minimum absolute atomic E-state index is 0.200. The van der Waals surface area contributed by atoms with Crippen molar-refractivity contribution in [1.29, 1.82) is 0 Å². The number of imidazole rings is 1. The molecule has 0 spiro atoms. The molecule has 1 aliphatic heterocycles. The quantitative estimate of drug-likeness (QED) is 0.357. The Labute approximate surface area is 198 Å². The zero-order chi connectivity index (χ0) is 23.1. The first kappa shape index (κ1) is 21.3. The van der Waals surface area contributed by atoms with Gasteiger partial charge in [0.05, 0.1) is 33.4 Å². The molecule has 2 N–H and O–H groups in total. The van der Waals surface area contributed by atoms with Crippen molar-refractivity contribution in [2.45, 2.75) is 32.7 Å². The first-order chi connectivity index (χ1) is 15.9. The van der Waals surface area contributed by atoms with Crippen molar-refractivity contribution < 1.29 is 4.79 Å². The molecule has 0 saturated carbocycles. The molecule has 1 aromatic heterocycles. The van der Waals surface area contributed by atoms with E-state index in [1.165, 1.54) is 5.56 Å². The molecule has 3 aromatic carbocycles. The van der Waals surface area contributed by atoms with Gasteiger partial charge in [-0.1, -0.05) is 74.0 Å². The molecule has 0 fully saturated rings. The molecule has 5 rings (SSSR count). The van der Waals surface area contributed by atoms with Gasteiger partial charge in [-0.25, -0.2) is 4.98 Å². The second kappa shape index (κ2) is 8.41. The van der Waals surface area contributed by atoms with E-state index < -0.39 is 0 Å². The SMILES string of the molecule is CC1=C(C(=O)Nc2ccccc2Cl)C(c2ccc(C(C)C)cc2)n2c(nc3ccccc32)N1. The number of halogens is 1. The van der Waals surface area contributed by atoms with E-state index in [4.69, 9.17) is 16.6 Å². The first-order valence-corrected chi connectivity index (χ1v) is 11.4. The number of carbonyl (C=O) groups is 1. The van der Waals surface area contributed by atoms with Crippen molar-refractivity contribution in [3.63, 3.8) is 0 Å². The molecule has 6 heteroatoms. The summed E-state index contributed by atoms with van der Waals surface area (Å²) in [6, 6.07) is 23.4. The van der Waals surface area contributed by atoms with E-state index in [0.717, 1.165) is 28.2 Å². The largest absolute Gasteiger partial charge is 0.329 e. The van der Waals surface area contributed by atoms with Gasteiger partial charge in [0.25, 0.3) is 5.91 Å². The third-order valence-electron chi connectivity index (χ3n) is 6.12. The smallest absolute Gasteiger partial charge is 0.255 e. The van der Waals surface area contributed by atoms with Crippen LogP contribution in [0.15, 0.2) is 84.1 Å². The zero-order valence-electron chi connectivity index (χ0n) is 18.8. The molecule has 0 saturated heterocycles. The lowest BCUT2D eigenvalue weighted by Crippen LogP contribution is -2.31. The second-order valence-electron chi connectivity index (χ2n) is 8.62. The highest BCUT2D eigenvalue weighted by molar-refractivity contribution is 6.33. The molecular weight excluding hydrogens is 432 g/mol. The molecule has 0 aliphatic carbocycles. The predicted octanol–water partition coefficient (Wildman–Crippen LogP) is 6.74. The lowest BCUT2D eigenvalue weighted by molar-refractivity contribution is -0.113. The van der Waals surface area contributed by atoms with E-state index in [2.05, 4.69) is 53.3 Å². The predicted molar refractivity (Wildman–Crippen MR) is 135 cm³/mol. The van der Waals surface area contributed by atoms with Crippen LogP contribution in [-0.2, 0) is 4.79 Å². The fourth-order valence-corrected chi connectivity index (χ4v) is 4.57. The number of fused-ring (bicyclic) bond motifs is 3. The van der Waals surface area contributed by atoms with Crippen LogP contribution in [0.25, 0.3) is 11.0 Å². The molecule has 5 nitrogen and oxygen atoms in total. The number of carbonyl (C=O) groups excluding carboxylic acids is 1. The van der Waals surface area contributed by atoms with E-state index in [1.54, 1.807) is 12.1 Å². The third-order valence-corrected chi connectivity index (χ3v) is 6.45. The highest BCUT2D eigenvalue weighted by atomic mass is 35.5. The number of para-hydroxylation sites is 3. The van der Waals surface area contributed by atoms with Gasteiger partial charge in [-0.2, -0.15) is 0 Å². The molecule has 4 aromatic rings. The lowest BCUT2D eigenvalue weighted by Gasteiger charge is -2.31. The van der Waals surface area contributed by atoms with Crippen molar-refractivity contribution in [3.05, 3.63) is 100 Å². The topological polar surface area (TPSA) is 59.0 Å². The Morgan fingerprint density at radius 2 is 1.73 bits per heavy atom. The minimum Gasteiger partial charge on any atom is -0.329 e. The fraction of sp³-hybridized carbons (Fsp3) is 0.185. The maximum Gasteiger partial charge on any atom is 0.255 e. The summed E-state index contributed by atoms with van der Waals surface area (Å²) in [5.41, 5.74) is 6.10. The van der Waals surface area contributed by atoms with E-state index in [9.17, 15) is 4.79 Å². The van der Waals surface area contributed by atoms with Gasteiger partial charge in [-0.3, -0.25) is 9.36 Å². The van der Waals surface area contributed by atoms with Crippen molar-refractivity contribution in [3.8, 4) is 0 Å². The normalized spacial score (nSPS) is 15.5. The number of benzene rings is 3. The maximum absolute atomic E-state index is 13.7. The number of hydrogen-bond acceptors (Lipinski definition) is 3. The van der Waals surface area contributed by atoms with Crippen molar-refractivity contribution in [2.24, 2.45) is 0 Å². The van der Waals surface area contributed by atoms with E-state index >= 15 is 0 Å². The van der Waals surface area contributed by atoms with Crippen LogP contribution in [0.1, 0.15) is 43.9 Å². The van der Waals surface area contributed by atoms with Gasteiger partial charge in [-0.15, -0.1) is 0 Å². The van der Waals surface area contributed by atoms with Crippen LogP contribution in [0.4, 0.5) is 11.6 Å². The Hall–Kier alpha value is -3.57. The van der Waals surface area contributed by atoms with Crippen LogP contribution in [-0.4, -0.2) is 15.5 Å². The van der Waals surface area contributed by atoms with Crippen LogP contribution in [0, 0.1) is 0 Å². The molecule has 1 amide bonds. The molecule has 1 unspecified atom stereocenters. The van der Waals surface area contributed by atoms with E-state index in [1.807, 2.05) is 43.3 Å². The van der Waals surface area contributed by atoms with Crippen LogP contribution in [0.2, 0.25) is 5.02 Å². The van der Waals surface area contributed by atoms with Gasteiger partial charge in [0.15, 0.2) is 0 Å². The molecule has 166 valence electrons. The third kappa shape index (κ3) is 3.79. The van der Waals surface area contributed by atoms with Gasteiger partial charge >= 0.3 is 0 Å². The van der Waals surface area contributed by atoms with Crippen LogP contribution in [0.3, 0.4) is 0 Å². The summed E-state index contributed by atoms with van der Waals surface area (Å²) in [6.45, 7) is 6.26. The summed E-state index contributed by atoms with van der Waals surface area (Å²) in [5, 5.41) is 6.86. The standard InChI is InChI=1S/C27H25ClN4O/c1-16(2)18-12-14-19(15-13-18)25-24(26(33)30-21-9-5-4-8-20(21)28)17(3)29-27-31-22-10-6-7-11-23(22)32(25)27/h4-16,25H,1-3H3,(H,29,31)(H,30,33). The summed E-state index contributed by atoms with van der Waals surface area (Å²) >= 11 is 6.32. The summed E-state index contributed by atoms with van der Waals surface area (Å²) in [4.78, 5) is 18.4. The van der Waals surface area contributed by atoms with Gasteiger partial charge in [0.2, 0.25) is 5.95 Å². The lowest BCUT2D eigenvalue weighted by atomic mass is 9.92. The molecule has 0 radical (unpaired) electrons. The first-order valence-electron chi connectivity index (χ1n) is 11.0. The van der Waals surface area contributed by atoms with Crippen LogP contribution in [0.5, 0.6) is 0 Å². The number of nitrogens with zero attached hydrogens (tertiary/aromatic N) is 2. The Kier molecular flexibility index (Phi) is 5.43. The van der Waals surface area contributed by atoms with Crippen LogP contribution < -0.4 is 10.6 Å². The molecule has 0 bridgehead atoms. The summed E-state index contributed by atoms with van der Waals surface area (Å²) in [7, 11) is 0. The van der Waals surface area contributed by atoms with E-state index in [-0.39, 0.29) is 11.9 Å². The Bertz CT molecular complexity index is 1390. The summed E-state index contributed by atoms with van der Waals surface area (Å²) in [5.74, 6) is 0.951. The second-order valence-corrected chi connectivity index (χ2v) is 9.02. The maximum atomic E-state index is 13.7. The average molecular weight is 457 g/mol. The number of rotatable bonds is 4. The molecule has 1 aliphatic rings. The molecular formula is C27H25ClN4O. The van der Waals surface area contributed by atoms with Crippen LogP contribution >= 0.6 is 11.6 Å². The summed E-state index contributed by atoms with van der Waals surface area (Å²) in [6.07, 6.45) is 0. The number of anilines is 2. The number of nitrogens with one attached hydrogen (secondary N) is 2. The highest BCUT2D eigenvalue weighted by Gasteiger charge is 2.34. The molecule has 2 heterocycles. The number of hydrogen-bond donors (Lipinski definition) is 2. The zero-order valence-corrected chi connectivity index (χ0v) is 19.5. The molecule has 1 atom stereocenters. The number of aromatic nitrogens is 2. The van der Waals surface area contributed by atoms with Gasteiger partial charge in [0.1, 0.15) is 0 Å². The Morgan fingerprint density at radius 1 is 1.03 bits per heavy atom. The number of amides is 1. The van der Waals surface area contributed by atoms with Crippen molar-refractivity contribution in [2.75, 3.05) is 10.6 Å². The molecule has 33 heavy (non-hydrogen) atoms. The van der Waals surface area contributed by atoms with Gasteiger partial charge < -0.3 is 10.6 Å². The highest BCUT2D eigenvalue weighted by Crippen LogP contribution is 2.40. The fourth-order valence-electron chi connectivity index (χ4n) is 4.39. The number of allylic oxidation sites excluding steroid dienone is 1. The van der Waals surface area contributed by atoms with Crippen molar-refractivity contribution in [1.82, 2.24) is 9.55 Å². The Balaban J connectivity index is 1.66. The summed E-state index contributed by atoms with van der Waals surface area (Å²) < 4.78 is 2.11. The van der Waals surface area contributed by atoms with Gasteiger partial charge in [0, 0.05) is 5.70 Å². The monoisotopic (exact) mass is 456 g/mol.